The minimum absolute atomic E-state index is 0.277. The highest BCUT2D eigenvalue weighted by Gasteiger charge is 2.14. The van der Waals surface area contributed by atoms with Crippen molar-refractivity contribution in [1.29, 1.82) is 0 Å². The molecular formula is C15H20N2O3S. The lowest BCUT2D eigenvalue weighted by molar-refractivity contribution is 0.412. The van der Waals surface area contributed by atoms with Gasteiger partial charge in [0.15, 0.2) is 0 Å². The van der Waals surface area contributed by atoms with Crippen molar-refractivity contribution in [1.82, 2.24) is 9.62 Å². The molecule has 0 saturated heterocycles. The fraction of sp³-hybridized carbons (Fsp3) is 0.333. The standard InChI is InChI=1S/C15H20N2O3S/c1-17(2)9-8-16-21(18,19)15-7-5-12-10-14(20-3)6-4-13(12)11-15/h4-7,10-11,16H,8-9H2,1-3H3. The third kappa shape index (κ3) is 3.93. The molecule has 0 aliphatic rings. The Morgan fingerprint density at radius 3 is 2.43 bits per heavy atom. The molecule has 0 unspecified atom stereocenters. The van der Waals surface area contributed by atoms with E-state index in [4.69, 9.17) is 4.74 Å². The molecule has 1 N–H and O–H groups in total. The van der Waals surface area contributed by atoms with Gasteiger partial charge in [-0.3, -0.25) is 0 Å². The van der Waals surface area contributed by atoms with Crippen molar-refractivity contribution in [2.24, 2.45) is 0 Å². The molecule has 2 rings (SSSR count). The molecule has 6 heteroatoms. The Morgan fingerprint density at radius 1 is 1.10 bits per heavy atom. The van der Waals surface area contributed by atoms with Crippen LogP contribution in [0, 0.1) is 0 Å². The first kappa shape index (κ1) is 15.8. The van der Waals surface area contributed by atoms with Crippen LogP contribution in [0.25, 0.3) is 10.8 Å². The quantitative estimate of drug-likeness (QED) is 0.882. The van der Waals surface area contributed by atoms with Gasteiger partial charge in [-0.15, -0.1) is 0 Å². The molecule has 2 aromatic carbocycles. The van der Waals surface area contributed by atoms with Gasteiger partial charge in [0.1, 0.15) is 5.75 Å². The summed E-state index contributed by atoms with van der Waals surface area (Å²) in [5.74, 6) is 0.752. The van der Waals surface area contributed by atoms with E-state index in [0.29, 0.717) is 13.1 Å². The maximum Gasteiger partial charge on any atom is 0.240 e. The number of likely N-dealkylation sites (N-methyl/N-ethyl adjacent to an activating group) is 1. The predicted octanol–water partition coefficient (Wildman–Crippen LogP) is 1.69. The van der Waals surface area contributed by atoms with Crippen LogP contribution in [0.3, 0.4) is 0 Å². The number of benzene rings is 2. The molecule has 0 aromatic heterocycles. The van der Waals surface area contributed by atoms with Crippen LogP contribution in [-0.4, -0.2) is 47.6 Å². The van der Waals surface area contributed by atoms with Gasteiger partial charge in [-0.25, -0.2) is 13.1 Å². The minimum Gasteiger partial charge on any atom is -0.497 e. The normalized spacial score (nSPS) is 12.0. The fourth-order valence-electron chi connectivity index (χ4n) is 1.98. The van der Waals surface area contributed by atoms with Crippen LogP contribution in [0.5, 0.6) is 5.75 Å². The monoisotopic (exact) mass is 308 g/mol. The molecule has 0 radical (unpaired) electrons. The van der Waals surface area contributed by atoms with Crippen LogP contribution in [0.1, 0.15) is 0 Å². The number of ether oxygens (including phenoxy) is 1. The summed E-state index contributed by atoms with van der Waals surface area (Å²) in [6, 6.07) is 10.6. The lowest BCUT2D eigenvalue weighted by atomic mass is 10.1. The molecule has 0 amide bonds. The molecule has 5 nitrogen and oxygen atoms in total. The van der Waals surface area contributed by atoms with E-state index < -0.39 is 10.0 Å². The van der Waals surface area contributed by atoms with E-state index in [1.54, 1.807) is 25.3 Å². The summed E-state index contributed by atoms with van der Waals surface area (Å²) < 4.78 is 32.2. The summed E-state index contributed by atoms with van der Waals surface area (Å²) in [5.41, 5.74) is 0. The van der Waals surface area contributed by atoms with Crippen molar-refractivity contribution in [3.63, 3.8) is 0 Å². The molecule has 21 heavy (non-hydrogen) atoms. The Kier molecular flexibility index (Phi) is 4.82. The number of rotatable bonds is 6. The van der Waals surface area contributed by atoms with Gasteiger partial charge >= 0.3 is 0 Å². The third-order valence-corrected chi connectivity index (χ3v) is 4.64. The molecule has 0 saturated carbocycles. The molecule has 0 bridgehead atoms. The molecule has 0 aliphatic carbocycles. The Hall–Kier alpha value is -1.63. The number of hydrogen-bond acceptors (Lipinski definition) is 4. The third-order valence-electron chi connectivity index (χ3n) is 3.18. The van der Waals surface area contributed by atoms with E-state index in [1.807, 2.05) is 37.2 Å². The zero-order valence-electron chi connectivity index (χ0n) is 12.5. The van der Waals surface area contributed by atoms with Gasteiger partial charge in [0.05, 0.1) is 12.0 Å². The van der Waals surface area contributed by atoms with Gasteiger partial charge < -0.3 is 9.64 Å². The first-order valence-electron chi connectivity index (χ1n) is 6.64. The van der Waals surface area contributed by atoms with E-state index in [-0.39, 0.29) is 4.90 Å². The van der Waals surface area contributed by atoms with Crippen LogP contribution < -0.4 is 9.46 Å². The fourth-order valence-corrected chi connectivity index (χ4v) is 3.04. The molecule has 0 atom stereocenters. The first-order valence-corrected chi connectivity index (χ1v) is 8.13. The van der Waals surface area contributed by atoms with Crippen LogP contribution in [0.4, 0.5) is 0 Å². The summed E-state index contributed by atoms with van der Waals surface area (Å²) in [7, 11) is 1.94. The van der Waals surface area contributed by atoms with Gasteiger partial charge in [-0.1, -0.05) is 12.1 Å². The first-order chi connectivity index (χ1) is 9.92. The van der Waals surface area contributed by atoms with E-state index >= 15 is 0 Å². The van der Waals surface area contributed by atoms with Crippen LogP contribution >= 0.6 is 0 Å². The van der Waals surface area contributed by atoms with E-state index in [1.165, 1.54) is 0 Å². The SMILES string of the molecule is COc1ccc2cc(S(=O)(=O)NCCN(C)C)ccc2c1. The number of hydrogen-bond donors (Lipinski definition) is 1. The van der Waals surface area contributed by atoms with Crippen LogP contribution in [-0.2, 0) is 10.0 Å². The maximum atomic E-state index is 12.2. The summed E-state index contributed by atoms with van der Waals surface area (Å²) >= 11 is 0. The highest BCUT2D eigenvalue weighted by atomic mass is 32.2. The Labute approximate surface area is 125 Å². The molecule has 0 spiro atoms. The molecule has 114 valence electrons. The van der Waals surface area contributed by atoms with Crippen molar-refractivity contribution in [3.8, 4) is 5.75 Å². The van der Waals surface area contributed by atoms with Gasteiger partial charge in [0.25, 0.3) is 0 Å². The molecule has 2 aromatic rings. The van der Waals surface area contributed by atoms with Gasteiger partial charge in [-0.2, -0.15) is 0 Å². The highest BCUT2D eigenvalue weighted by Crippen LogP contribution is 2.23. The minimum atomic E-state index is -3.47. The maximum absolute atomic E-state index is 12.2. The van der Waals surface area contributed by atoms with Crippen molar-refractivity contribution < 1.29 is 13.2 Å². The van der Waals surface area contributed by atoms with Crippen molar-refractivity contribution in [2.45, 2.75) is 4.90 Å². The summed E-state index contributed by atoms with van der Waals surface area (Å²) in [6.45, 7) is 1.04. The summed E-state index contributed by atoms with van der Waals surface area (Å²) in [4.78, 5) is 2.20. The predicted molar refractivity (Wildman–Crippen MR) is 84.2 cm³/mol. The molecular weight excluding hydrogens is 288 g/mol. The largest absolute Gasteiger partial charge is 0.497 e. The Bertz CT molecular complexity index is 727. The average Bonchev–Trinajstić information content (AvgIpc) is 2.45. The second-order valence-corrected chi connectivity index (χ2v) is 6.84. The second-order valence-electron chi connectivity index (χ2n) is 5.08. The molecule has 0 fully saturated rings. The number of fused-ring (bicyclic) bond motifs is 1. The topological polar surface area (TPSA) is 58.6 Å². The van der Waals surface area contributed by atoms with Gasteiger partial charge in [0, 0.05) is 13.1 Å². The van der Waals surface area contributed by atoms with Gasteiger partial charge in [0.2, 0.25) is 10.0 Å². The van der Waals surface area contributed by atoms with E-state index in [9.17, 15) is 8.42 Å². The number of methoxy groups -OCH3 is 1. The number of nitrogens with zero attached hydrogens (tertiary/aromatic N) is 1. The zero-order valence-corrected chi connectivity index (χ0v) is 13.3. The van der Waals surface area contributed by atoms with E-state index in [0.717, 1.165) is 16.5 Å². The van der Waals surface area contributed by atoms with Gasteiger partial charge in [-0.05, 0) is 49.1 Å². The average molecular weight is 308 g/mol. The number of sulfonamides is 1. The van der Waals surface area contributed by atoms with E-state index in [2.05, 4.69) is 4.72 Å². The molecule has 0 heterocycles. The van der Waals surface area contributed by atoms with Crippen molar-refractivity contribution in [3.05, 3.63) is 36.4 Å². The Morgan fingerprint density at radius 2 is 1.76 bits per heavy atom. The summed E-state index contributed by atoms with van der Waals surface area (Å²) in [6.07, 6.45) is 0. The number of nitrogens with one attached hydrogen (secondary N) is 1. The smallest absolute Gasteiger partial charge is 0.240 e. The van der Waals surface area contributed by atoms with Crippen molar-refractivity contribution in [2.75, 3.05) is 34.3 Å². The lowest BCUT2D eigenvalue weighted by Crippen LogP contribution is -2.31. The van der Waals surface area contributed by atoms with Crippen molar-refractivity contribution >= 4 is 20.8 Å². The zero-order chi connectivity index (χ0) is 15.5. The Balaban J connectivity index is 2.25. The second kappa shape index (κ2) is 6.43. The highest BCUT2D eigenvalue weighted by molar-refractivity contribution is 7.89. The van der Waals surface area contributed by atoms with Crippen LogP contribution in [0.15, 0.2) is 41.3 Å². The van der Waals surface area contributed by atoms with Crippen LogP contribution in [0.2, 0.25) is 0 Å². The summed E-state index contributed by atoms with van der Waals surface area (Å²) in [5, 5.41) is 1.81. The lowest BCUT2D eigenvalue weighted by Gasteiger charge is -2.11. The molecule has 0 aliphatic heterocycles.